The molecule has 0 aliphatic heterocycles. The van der Waals surface area contributed by atoms with Gasteiger partial charge >= 0.3 is 0 Å². The van der Waals surface area contributed by atoms with E-state index in [4.69, 9.17) is 4.98 Å². The maximum atomic E-state index is 11.8. The van der Waals surface area contributed by atoms with Crippen LogP contribution in [-0.4, -0.2) is 28.9 Å². The largest absolute Gasteiger partial charge is 0.382 e. The second-order valence-electron chi connectivity index (χ2n) is 10.0. The first-order valence-corrected chi connectivity index (χ1v) is 13.5. The number of aryl methyl sites for hydroxylation is 1. The van der Waals surface area contributed by atoms with Crippen molar-refractivity contribution >= 4 is 33.8 Å². The third-order valence-electron chi connectivity index (χ3n) is 7.82. The molecule has 0 saturated heterocycles. The molecule has 6 rings (SSSR count). The van der Waals surface area contributed by atoms with Crippen LogP contribution in [-0.2, 0) is 0 Å². The summed E-state index contributed by atoms with van der Waals surface area (Å²) >= 11 is 0. The van der Waals surface area contributed by atoms with Crippen LogP contribution < -0.4 is 11.1 Å². The minimum Gasteiger partial charge on any atom is -0.382 e. The smallest absolute Gasteiger partial charge is 0.152 e. The molecule has 1 fully saturated rings. The Morgan fingerprint density at radius 1 is 0.947 bits per heavy atom. The van der Waals surface area contributed by atoms with Gasteiger partial charge in [0.25, 0.3) is 0 Å². The van der Waals surface area contributed by atoms with Crippen LogP contribution in [0.2, 0.25) is 0 Å². The molecule has 3 aromatic carbocycles. The minimum atomic E-state index is 0.434. The van der Waals surface area contributed by atoms with Crippen molar-refractivity contribution in [1.82, 2.24) is 9.55 Å². The molecule has 0 amide bonds. The van der Waals surface area contributed by atoms with Gasteiger partial charge in [0.15, 0.2) is 6.29 Å². The number of aldehydes is 1. The molecule has 0 unspecified atom stereocenters. The molecule has 38 heavy (non-hydrogen) atoms. The summed E-state index contributed by atoms with van der Waals surface area (Å²) in [6, 6.07) is 23.6. The Bertz CT molecular complexity index is 1590. The molecule has 5 aromatic rings. The van der Waals surface area contributed by atoms with Crippen molar-refractivity contribution in [2.24, 2.45) is 5.73 Å². The number of nitrogens with two attached hydrogens (primary N) is 1. The highest BCUT2D eigenvalue weighted by Crippen LogP contribution is 2.37. The molecule has 0 bridgehead atoms. The molecule has 2 aromatic heterocycles. The number of carbonyl (C=O) groups is 1. The summed E-state index contributed by atoms with van der Waals surface area (Å²) < 4.78 is 2.32. The molecule has 0 radical (unpaired) electrons. The predicted molar refractivity (Wildman–Crippen MR) is 159 cm³/mol. The first-order chi connectivity index (χ1) is 18.6. The molecule has 0 spiro atoms. The molecule has 1 saturated carbocycles. The van der Waals surface area contributed by atoms with Crippen LogP contribution in [0, 0.1) is 13.8 Å². The molecule has 1 aliphatic rings. The Hall–Kier alpha value is -3.96. The number of nitrogens with one attached hydrogen (secondary N) is 1. The Kier molecular flexibility index (Phi) is 7.57. The highest BCUT2D eigenvalue weighted by Gasteiger charge is 2.19. The maximum absolute atomic E-state index is 11.8. The lowest BCUT2D eigenvalue weighted by Gasteiger charge is -2.25. The molecule has 1 aliphatic carbocycles. The molecular formula is C33H36N4O. The summed E-state index contributed by atoms with van der Waals surface area (Å²) in [6.45, 7) is 4.38. The van der Waals surface area contributed by atoms with Gasteiger partial charge in [-0.2, -0.15) is 0 Å². The number of hydrogen-bond donors (Lipinski definition) is 2. The molecular weight excluding hydrogens is 468 g/mol. The minimum absolute atomic E-state index is 0.434. The number of hydrogen-bond acceptors (Lipinski definition) is 4. The highest BCUT2D eigenvalue weighted by atomic mass is 16.1. The van der Waals surface area contributed by atoms with Crippen LogP contribution in [0.3, 0.4) is 0 Å². The zero-order valence-corrected chi connectivity index (χ0v) is 22.5. The van der Waals surface area contributed by atoms with Gasteiger partial charge in [0, 0.05) is 51.2 Å². The van der Waals surface area contributed by atoms with E-state index in [0.717, 1.165) is 58.0 Å². The van der Waals surface area contributed by atoms with E-state index in [0.29, 0.717) is 6.04 Å². The summed E-state index contributed by atoms with van der Waals surface area (Å²) in [6.07, 6.45) is 9.08. The van der Waals surface area contributed by atoms with Crippen molar-refractivity contribution in [1.29, 1.82) is 0 Å². The van der Waals surface area contributed by atoms with Crippen molar-refractivity contribution in [2.75, 3.05) is 12.4 Å². The summed E-state index contributed by atoms with van der Waals surface area (Å²) in [4.78, 5) is 16.6. The van der Waals surface area contributed by atoms with Gasteiger partial charge in [-0.3, -0.25) is 9.78 Å². The Labute approximate surface area is 224 Å². The van der Waals surface area contributed by atoms with Gasteiger partial charge < -0.3 is 15.6 Å². The standard InChI is InChI=1S/C32H31N3O.CH5N/c1-21-22(2)35(27-16-15-24(20-36)30(18-27)34-26-10-4-3-5-11-26)31-14-8-12-28(32(21)31)25-17-23-9-6-7-13-29(23)33-19-25;1-2/h6-9,12-20,26,34H,3-5,10-11H2,1-2H3;2H2,1H3. The number of carbonyl (C=O) groups excluding carboxylic acids is 1. The first kappa shape index (κ1) is 25.7. The predicted octanol–water partition coefficient (Wildman–Crippen LogP) is 7.59. The van der Waals surface area contributed by atoms with Gasteiger partial charge in [-0.05, 0) is 81.3 Å². The molecule has 3 N–H and O–H groups in total. The fourth-order valence-corrected chi connectivity index (χ4v) is 5.82. The maximum Gasteiger partial charge on any atom is 0.152 e. The van der Waals surface area contributed by atoms with Crippen LogP contribution in [0.15, 0.2) is 72.9 Å². The number of para-hydroxylation sites is 1. The molecule has 5 nitrogen and oxygen atoms in total. The lowest BCUT2D eigenvalue weighted by Crippen LogP contribution is -2.23. The van der Waals surface area contributed by atoms with Crippen LogP contribution in [0.5, 0.6) is 0 Å². The number of rotatable bonds is 5. The lowest BCUT2D eigenvalue weighted by molar-refractivity contribution is 0.112. The second kappa shape index (κ2) is 11.2. The number of nitrogens with zero attached hydrogens (tertiary/aromatic N) is 2. The average Bonchev–Trinajstić information content (AvgIpc) is 3.24. The fraction of sp³-hybridized carbons (Fsp3) is 0.273. The van der Waals surface area contributed by atoms with Crippen molar-refractivity contribution in [3.05, 3.63) is 89.7 Å². The lowest BCUT2D eigenvalue weighted by atomic mass is 9.95. The highest BCUT2D eigenvalue weighted by molar-refractivity contribution is 6.01. The van der Waals surface area contributed by atoms with Gasteiger partial charge in [-0.15, -0.1) is 0 Å². The van der Waals surface area contributed by atoms with Crippen LogP contribution in [0.1, 0.15) is 53.7 Å². The van der Waals surface area contributed by atoms with E-state index in [2.05, 4.69) is 78.0 Å². The SMILES string of the molecule is CN.Cc1c(C)n(-c2ccc(C=O)c(NC3CCCCC3)c2)c2cccc(-c3cnc4ccccc4c3)c12. The van der Waals surface area contributed by atoms with E-state index in [1.807, 2.05) is 24.4 Å². The summed E-state index contributed by atoms with van der Waals surface area (Å²) in [5, 5.41) is 6.07. The average molecular weight is 505 g/mol. The monoisotopic (exact) mass is 504 g/mol. The molecule has 0 atom stereocenters. The van der Waals surface area contributed by atoms with Gasteiger partial charge in [0.1, 0.15) is 0 Å². The van der Waals surface area contributed by atoms with Crippen molar-refractivity contribution in [3.63, 3.8) is 0 Å². The normalized spacial score (nSPS) is 13.8. The summed E-state index contributed by atoms with van der Waals surface area (Å²) in [7, 11) is 1.50. The van der Waals surface area contributed by atoms with Gasteiger partial charge in [-0.25, -0.2) is 0 Å². The third-order valence-corrected chi connectivity index (χ3v) is 7.82. The number of pyridine rings is 1. The quantitative estimate of drug-likeness (QED) is 0.242. The second-order valence-corrected chi connectivity index (χ2v) is 10.0. The number of fused-ring (bicyclic) bond motifs is 2. The van der Waals surface area contributed by atoms with Crippen LogP contribution in [0.25, 0.3) is 38.6 Å². The zero-order chi connectivity index (χ0) is 26.6. The van der Waals surface area contributed by atoms with E-state index < -0.39 is 0 Å². The van der Waals surface area contributed by atoms with Gasteiger partial charge in [0.2, 0.25) is 0 Å². The zero-order valence-electron chi connectivity index (χ0n) is 22.5. The fourth-order valence-electron chi connectivity index (χ4n) is 5.82. The van der Waals surface area contributed by atoms with E-state index >= 15 is 0 Å². The molecule has 5 heteroatoms. The van der Waals surface area contributed by atoms with Gasteiger partial charge in [0.05, 0.1) is 11.0 Å². The van der Waals surface area contributed by atoms with E-state index in [1.54, 1.807) is 0 Å². The summed E-state index contributed by atoms with van der Waals surface area (Å²) in [5.41, 5.74) is 14.2. The van der Waals surface area contributed by atoms with E-state index in [1.165, 1.54) is 48.5 Å². The summed E-state index contributed by atoms with van der Waals surface area (Å²) in [5.74, 6) is 0. The van der Waals surface area contributed by atoms with Gasteiger partial charge in [-0.1, -0.05) is 49.6 Å². The van der Waals surface area contributed by atoms with Crippen molar-refractivity contribution in [2.45, 2.75) is 52.0 Å². The Morgan fingerprint density at radius 3 is 2.53 bits per heavy atom. The van der Waals surface area contributed by atoms with Crippen molar-refractivity contribution < 1.29 is 4.79 Å². The number of aromatic nitrogens is 2. The Balaban J connectivity index is 0.00000144. The van der Waals surface area contributed by atoms with E-state index in [-0.39, 0.29) is 0 Å². The third kappa shape index (κ3) is 4.70. The first-order valence-electron chi connectivity index (χ1n) is 13.5. The topological polar surface area (TPSA) is 72.9 Å². The van der Waals surface area contributed by atoms with Crippen molar-refractivity contribution in [3.8, 4) is 16.8 Å². The van der Waals surface area contributed by atoms with Crippen LogP contribution >= 0.6 is 0 Å². The van der Waals surface area contributed by atoms with Crippen LogP contribution in [0.4, 0.5) is 5.69 Å². The molecule has 2 heterocycles. The number of benzene rings is 3. The number of anilines is 1. The van der Waals surface area contributed by atoms with E-state index in [9.17, 15) is 4.79 Å². The Morgan fingerprint density at radius 2 is 1.74 bits per heavy atom. The molecule has 194 valence electrons.